The van der Waals surface area contributed by atoms with Crippen LogP contribution in [0.15, 0.2) is 54.7 Å². The molecule has 1 aromatic heterocycles. The number of hydrogen-bond donors (Lipinski definition) is 0. The van der Waals surface area contributed by atoms with Gasteiger partial charge in [0.1, 0.15) is 5.82 Å². The van der Waals surface area contributed by atoms with Crippen LogP contribution in [0.25, 0.3) is 11.0 Å². The molecule has 2 heterocycles. The number of nitrogens with zero attached hydrogens (tertiary/aromatic N) is 3. The third kappa shape index (κ3) is 3.91. The van der Waals surface area contributed by atoms with Crippen LogP contribution in [0.5, 0.6) is 0 Å². The fourth-order valence-electron chi connectivity index (χ4n) is 2.79. The lowest BCUT2D eigenvalue weighted by Crippen LogP contribution is -2.31. The van der Waals surface area contributed by atoms with Gasteiger partial charge in [0.15, 0.2) is 0 Å². The maximum absolute atomic E-state index is 4.74. The van der Waals surface area contributed by atoms with Crippen molar-refractivity contribution in [2.75, 3.05) is 11.4 Å². The molecule has 0 amide bonds. The van der Waals surface area contributed by atoms with Gasteiger partial charge in [0, 0.05) is 13.1 Å². The van der Waals surface area contributed by atoms with E-state index in [1.54, 1.807) is 0 Å². The molecule has 1 aliphatic heterocycles. The number of anilines is 1. The SMILES string of the molecule is CC.CC.c1ccc2c(c1)CCN(c1cnc3ccccc3n1)C2. The predicted octanol–water partition coefficient (Wildman–Crippen LogP) is 5.24. The van der Waals surface area contributed by atoms with Crippen LogP contribution in [0.2, 0.25) is 0 Å². The van der Waals surface area contributed by atoms with Gasteiger partial charge in [0.05, 0.1) is 17.2 Å². The first-order valence-corrected chi connectivity index (χ1v) is 8.94. The smallest absolute Gasteiger partial charge is 0.148 e. The number of fused-ring (bicyclic) bond motifs is 2. The zero-order valence-corrected chi connectivity index (χ0v) is 15.2. The van der Waals surface area contributed by atoms with Gasteiger partial charge in [0.25, 0.3) is 0 Å². The molecule has 0 aliphatic carbocycles. The fourth-order valence-corrected chi connectivity index (χ4v) is 2.79. The van der Waals surface area contributed by atoms with Crippen LogP contribution >= 0.6 is 0 Å². The van der Waals surface area contributed by atoms with E-state index < -0.39 is 0 Å². The lowest BCUT2D eigenvalue weighted by molar-refractivity contribution is 0.721. The lowest BCUT2D eigenvalue weighted by Gasteiger charge is -2.29. The van der Waals surface area contributed by atoms with E-state index in [4.69, 9.17) is 4.98 Å². The third-order valence-corrected chi connectivity index (χ3v) is 3.89. The number of aromatic nitrogens is 2. The average molecular weight is 321 g/mol. The van der Waals surface area contributed by atoms with Gasteiger partial charge < -0.3 is 4.90 Å². The standard InChI is InChI=1S/C17H15N3.2C2H6/c1-2-6-14-12-20(10-9-13(14)5-1)17-11-18-15-7-3-4-8-16(15)19-17;2*1-2/h1-8,11H,9-10,12H2;2*1-2H3. The quantitative estimate of drug-likeness (QED) is 0.613. The molecule has 0 atom stereocenters. The van der Waals surface area contributed by atoms with E-state index in [1.807, 2.05) is 58.2 Å². The first kappa shape index (κ1) is 17.9. The average Bonchev–Trinajstić information content (AvgIpc) is 2.70. The Morgan fingerprint density at radius 3 is 2.17 bits per heavy atom. The van der Waals surface area contributed by atoms with Gasteiger partial charge in [-0.05, 0) is 29.7 Å². The second-order valence-electron chi connectivity index (χ2n) is 5.16. The van der Waals surface area contributed by atoms with Gasteiger partial charge in [0.2, 0.25) is 0 Å². The van der Waals surface area contributed by atoms with Crippen LogP contribution in [0, 0.1) is 0 Å². The summed E-state index contributed by atoms with van der Waals surface area (Å²) in [7, 11) is 0. The van der Waals surface area contributed by atoms with Crippen molar-refractivity contribution in [1.82, 2.24) is 9.97 Å². The van der Waals surface area contributed by atoms with Crippen LogP contribution < -0.4 is 4.90 Å². The summed E-state index contributed by atoms with van der Waals surface area (Å²) in [6.45, 7) is 9.92. The summed E-state index contributed by atoms with van der Waals surface area (Å²) in [5.74, 6) is 0.971. The molecule has 4 rings (SSSR count). The molecule has 2 aromatic carbocycles. The Bertz CT molecular complexity index is 768. The Hall–Kier alpha value is -2.42. The molecular formula is C21H27N3. The normalized spacial score (nSPS) is 12.4. The summed E-state index contributed by atoms with van der Waals surface area (Å²) in [5, 5.41) is 0. The van der Waals surface area contributed by atoms with E-state index in [1.165, 1.54) is 11.1 Å². The number of para-hydroxylation sites is 2. The van der Waals surface area contributed by atoms with E-state index in [0.717, 1.165) is 36.4 Å². The summed E-state index contributed by atoms with van der Waals surface area (Å²) in [4.78, 5) is 11.6. The Balaban J connectivity index is 0.000000487. The molecule has 0 fully saturated rings. The van der Waals surface area contributed by atoms with E-state index in [0.29, 0.717) is 0 Å². The molecule has 0 bridgehead atoms. The van der Waals surface area contributed by atoms with Gasteiger partial charge >= 0.3 is 0 Å². The van der Waals surface area contributed by atoms with E-state index in [-0.39, 0.29) is 0 Å². The third-order valence-electron chi connectivity index (χ3n) is 3.89. The molecule has 0 saturated heterocycles. The van der Waals surface area contributed by atoms with E-state index >= 15 is 0 Å². The molecule has 0 saturated carbocycles. The van der Waals surface area contributed by atoms with Crippen molar-refractivity contribution in [2.45, 2.75) is 40.7 Å². The highest BCUT2D eigenvalue weighted by atomic mass is 15.2. The maximum Gasteiger partial charge on any atom is 0.148 e. The first-order chi connectivity index (χ1) is 11.9. The lowest BCUT2D eigenvalue weighted by atomic mass is 10.00. The van der Waals surface area contributed by atoms with Crippen molar-refractivity contribution in [3.05, 3.63) is 65.9 Å². The summed E-state index contributed by atoms with van der Waals surface area (Å²) < 4.78 is 0. The van der Waals surface area contributed by atoms with Gasteiger partial charge in [-0.25, -0.2) is 4.98 Å². The molecule has 0 unspecified atom stereocenters. The van der Waals surface area contributed by atoms with Crippen LogP contribution in [-0.2, 0) is 13.0 Å². The molecule has 24 heavy (non-hydrogen) atoms. The highest BCUT2D eigenvalue weighted by Crippen LogP contribution is 2.23. The second kappa shape index (κ2) is 9.02. The highest BCUT2D eigenvalue weighted by molar-refractivity contribution is 5.75. The molecule has 0 N–H and O–H groups in total. The Morgan fingerprint density at radius 2 is 1.42 bits per heavy atom. The van der Waals surface area contributed by atoms with Crippen molar-refractivity contribution in [3.63, 3.8) is 0 Å². The topological polar surface area (TPSA) is 29.0 Å². The Kier molecular flexibility index (Phi) is 6.74. The fraction of sp³-hybridized carbons (Fsp3) is 0.333. The summed E-state index contributed by atoms with van der Waals surface area (Å²) in [5.41, 5.74) is 4.77. The predicted molar refractivity (Wildman–Crippen MR) is 103 cm³/mol. The highest BCUT2D eigenvalue weighted by Gasteiger charge is 2.17. The molecule has 0 spiro atoms. The number of benzene rings is 2. The number of hydrogen-bond acceptors (Lipinski definition) is 3. The minimum absolute atomic E-state index is 0.920. The largest absolute Gasteiger partial charge is 0.351 e. The minimum atomic E-state index is 0.920. The van der Waals surface area contributed by atoms with Crippen LogP contribution in [0.1, 0.15) is 38.8 Å². The van der Waals surface area contributed by atoms with Crippen molar-refractivity contribution in [3.8, 4) is 0 Å². The molecular weight excluding hydrogens is 294 g/mol. The van der Waals surface area contributed by atoms with Crippen LogP contribution in [0.3, 0.4) is 0 Å². The summed E-state index contributed by atoms with van der Waals surface area (Å²) in [6, 6.07) is 16.7. The maximum atomic E-state index is 4.74. The second-order valence-corrected chi connectivity index (χ2v) is 5.16. The van der Waals surface area contributed by atoms with Gasteiger partial charge in [-0.15, -0.1) is 0 Å². The van der Waals surface area contributed by atoms with Crippen molar-refractivity contribution >= 4 is 16.9 Å². The molecule has 1 aliphatic rings. The molecule has 126 valence electrons. The summed E-state index contributed by atoms with van der Waals surface area (Å²) >= 11 is 0. The van der Waals surface area contributed by atoms with Crippen molar-refractivity contribution in [2.24, 2.45) is 0 Å². The summed E-state index contributed by atoms with van der Waals surface area (Å²) in [6.07, 6.45) is 2.96. The Morgan fingerprint density at radius 1 is 0.792 bits per heavy atom. The first-order valence-electron chi connectivity index (χ1n) is 8.94. The number of rotatable bonds is 1. The zero-order valence-electron chi connectivity index (χ0n) is 15.2. The molecule has 3 aromatic rings. The van der Waals surface area contributed by atoms with E-state index in [2.05, 4.69) is 34.1 Å². The van der Waals surface area contributed by atoms with Crippen LogP contribution in [-0.4, -0.2) is 16.5 Å². The molecule has 3 heteroatoms. The van der Waals surface area contributed by atoms with Crippen LogP contribution in [0.4, 0.5) is 5.82 Å². The Labute approximate surface area is 145 Å². The molecule has 0 radical (unpaired) electrons. The van der Waals surface area contributed by atoms with E-state index in [9.17, 15) is 0 Å². The zero-order chi connectivity index (χ0) is 17.4. The van der Waals surface area contributed by atoms with Gasteiger partial charge in [-0.2, -0.15) is 0 Å². The monoisotopic (exact) mass is 321 g/mol. The molecule has 3 nitrogen and oxygen atoms in total. The van der Waals surface area contributed by atoms with Gasteiger partial charge in [-0.1, -0.05) is 64.1 Å². The van der Waals surface area contributed by atoms with Crippen molar-refractivity contribution < 1.29 is 0 Å². The van der Waals surface area contributed by atoms with Crippen molar-refractivity contribution in [1.29, 1.82) is 0 Å². The minimum Gasteiger partial charge on any atom is -0.351 e. The van der Waals surface area contributed by atoms with Gasteiger partial charge in [-0.3, -0.25) is 4.98 Å².